The second-order valence-corrected chi connectivity index (χ2v) is 12.1. The quantitative estimate of drug-likeness (QED) is 0.0676. The van der Waals surface area contributed by atoms with Crippen molar-refractivity contribution in [2.24, 2.45) is 0 Å². The van der Waals surface area contributed by atoms with E-state index in [1.165, 1.54) is 77.2 Å². The zero-order valence-electron chi connectivity index (χ0n) is 23.3. The molecule has 1 aromatic rings. The van der Waals surface area contributed by atoms with Gasteiger partial charge in [-0.25, -0.2) is 0 Å². The van der Waals surface area contributed by atoms with Crippen LogP contribution < -0.4 is 35.2 Å². The van der Waals surface area contributed by atoms with E-state index in [1.807, 2.05) is 0 Å². The number of carbonyl (C=O) groups excluding carboxylic acids is 1. The molecule has 0 saturated carbocycles. The van der Waals surface area contributed by atoms with Crippen molar-refractivity contribution in [3.63, 3.8) is 0 Å². The smallest absolute Gasteiger partial charge is 0.488 e. The highest BCUT2D eigenvalue weighted by atomic mass is 35.5. The number of thioether (sulfide) groups is 1. The van der Waals surface area contributed by atoms with Crippen LogP contribution in [0.1, 0.15) is 81.0 Å². The monoisotopic (exact) mass is 564 g/mol. The van der Waals surface area contributed by atoms with Crippen LogP contribution in [0.4, 0.5) is 0 Å². The summed E-state index contributed by atoms with van der Waals surface area (Å²) in [6.07, 6.45) is 14.6. The van der Waals surface area contributed by atoms with E-state index < -0.39 is 7.12 Å². The third-order valence-corrected chi connectivity index (χ3v) is 7.60. The molecule has 0 aliphatic heterocycles. The Bertz CT molecular complexity index is 674. The van der Waals surface area contributed by atoms with E-state index in [0.29, 0.717) is 16.8 Å². The van der Waals surface area contributed by atoms with Gasteiger partial charge in [-0.2, -0.15) is 11.8 Å². The van der Waals surface area contributed by atoms with Crippen LogP contribution in [0, 0.1) is 0 Å². The number of hydrogen-bond donors (Lipinski definition) is 3. The minimum Gasteiger partial charge on any atom is -1.00 e. The van der Waals surface area contributed by atoms with Crippen molar-refractivity contribution < 1.29 is 49.0 Å². The fourth-order valence-corrected chi connectivity index (χ4v) is 5.18. The normalized spacial score (nSPS) is 12.1. The first-order valence-electron chi connectivity index (χ1n) is 13.3. The molecular formula is C27H51BCl2N2O3S. The van der Waals surface area contributed by atoms with Crippen LogP contribution in [0.15, 0.2) is 24.3 Å². The SMILES string of the molecule is C[NH+](C)C(CCCCCCCCCCSCC(=O)c1ccc(B(O)O)cc1)CCC[N+](C)(C)C.[Cl-].[Cl-]. The summed E-state index contributed by atoms with van der Waals surface area (Å²) < 4.78 is 1.07. The summed E-state index contributed by atoms with van der Waals surface area (Å²) in [6.45, 7) is 1.27. The first kappa shape index (κ1) is 37.9. The Labute approximate surface area is 238 Å². The number of halogens is 2. The summed E-state index contributed by atoms with van der Waals surface area (Å²) in [7, 11) is 9.99. The number of carbonyl (C=O) groups is 1. The van der Waals surface area contributed by atoms with Crippen LogP contribution in [0.2, 0.25) is 0 Å². The predicted molar refractivity (Wildman–Crippen MR) is 148 cm³/mol. The molecule has 0 fully saturated rings. The van der Waals surface area contributed by atoms with Crippen LogP contribution in [0.25, 0.3) is 0 Å². The average molecular weight is 566 g/mol. The maximum Gasteiger partial charge on any atom is 0.488 e. The lowest BCUT2D eigenvalue weighted by Crippen LogP contribution is -3.10. The molecule has 0 bridgehead atoms. The topological polar surface area (TPSA) is 62.0 Å². The molecule has 1 rings (SSSR count). The molecule has 0 heterocycles. The van der Waals surface area contributed by atoms with Gasteiger partial charge in [-0.05, 0) is 30.5 Å². The Morgan fingerprint density at radius 1 is 0.861 bits per heavy atom. The molecule has 0 aliphatic carbocycles. The second kappa shape index (κ2) is 21.6. The van der Waals surface area contributed by atoms with Crippen molar-refractivity contribution in [3.05, 3.63) is 29.8 Å². The third-order valence-electron chi connectivity index (χ3n) is 6.55. The van der Waals surface area contributed by atoms with Crippen molar-refractivity contribution in [2.45, 2.75) is 76.7 Å². The Balaban J connectivity index is 0. The number of hydrogen-bond acceptors (Lipinski definition) is 4. The molecule has 9 heteroatoms. The molecule has 0 saturated heterocycles. The van der Waals surface area contributed by atoms with E-state index in [2.05, 4.69) is 35.2 Å². The lowest BCUT2D eigenvalue weighted by Gasteiger charge is -2.26. The molecule has 0 aromatic heterocycles. The Morgan fingerprint density at radius 2 is 1.36 bits per heavy atom. The molecule has 1 aromatic carbocycles. The second-order valence-electron chi connectivity index (χ2n) is 11.0. The number of nitrogens with zero attached hydrogens (tertiary/aromatic N) is 1. The van der Waals surface area contributed by atoms with E-state index in [9.17, 15) is 4.79 Å². The maximum atomic E-state index is 12.2. The van der Waals surface area contributed by atoms with Crippen molar-refractivity contribution in [3.8, 4) is 0 Å². The number of ketones is 1. The molecular weight excluding hydrogens is 514 g/mol. The molecule has 0 aliphatic rings. The van der Waals surface area contributed by atoms with Crippen molar-refractivity contribution in [2.75, 3.05) is 53.3 Å². The van der Waals surface area contributed by atoms with Crippen molar-refractivity contribution in [1.82, 2.24) is 0 Å². The maximum absolute atomic E-state index is 12.2. The molecule has 0 amide bonds. The van der Waals surface area contributed by atoms with Gasteiger partial charge < -0.3 is 44.2 Å². The van der Waals surface area contributed by atoms with Gasteiger partial charge in [-0.1, -0.05) is 62.8 Å². The van der Waals surface area contributed by atoms with Gasteiger partial charge in [0.15, 0.2) is 5.78 Å². The molecule has 0 radical (unpaired) electrons. The molecule has 1 unspecified atom stereocenters. The van der Waals surface area contributed by atoms with E-state index in [0.717, 1.165) is 16.3 Å². The number of nitrogens with one attached hydrogen (secondary N) is 1. The molecule has 5 nitrogen and oxygen atoms in total. The van der Waals surface area contributed by atoms with Crippen molar-refractivity contribution in [1.29, 1.82) is 0 Å². The van der Waals surface area contributed by atoms with Crippen LogP contribution in [0.3, 0.4) is 0 Å². The van der Waals surface area contributed by atoms with E-state index in [1.54, 1.807) is 40.9 Å². The van der Waals surface area contributed by atoms with Gasteiger partial charge in [0.05, 0.1) is 53.6 Å². The Morgan fingerprint density at radius 3 is 1.86 bits per heavy atom. The predicted octanol–water partition coefficient (Wildman–Crippen LogP) is -3.20. The Kier molecular flexibility index (Phi) is 22.8. The van der Waals surface area contributed by atoms with Gasteiger partial charge in [-0.15, -0.1) is 0 Å². The number of rotatable bonds is 20. The van der Waals surface area contributed by atoms with Gasteiger partial charge >= 0.3 is 7.12 Å². The van der Waals surface area contributed by atoms with Crippen molar-refractivity contribution >= 4 is 30.1 Å². The highest BCUT2D eigenvalue weighted by Gasteiger charge is 2.16. The summed E-state index contributed by atoms with van der Waals surface area (Å²) >= 11 is 1.70. The Hall–Kier alpha value is -0.275. The molecule has 36 heavy (non-hydrogen) atoms. The summed E-state index contributed by atoms with van der Waals surface area (Å²) in [5.41, 5.74) is 1.05. The standard InChI is InChI=1S/C27H50BN2O3S.2ClH/c1-29(2)26(16-14-21-30(3,4)5)15-12-10-8-6-7-9-11-13-22-34-23-27(31)24-17-19-25(20-18-24)28(32)33;;/h17-20,26,32-33H,6-16,21-23H2,1-5H3;2*1H/q+1;;/p-1. The van der Waals surface area contributed by atoms with Gasteiger partial charge in [0.25, 0.3) is 0 Å². The minimum absolute atomic E-state index is 0. The third kappa shape index (κ3) is 18.9. The van der Waals surface area contributed by atoms with Gasteiger partial charge in [0.2, 0.25) is 0 Å². The summed E-state index contributed by atoms with van der Waals surface area (Å²) in [4.78, 5) is 13.8. The number of benzene rings is 1. The lowest BCUT2D eigenvalue weighted by molar-refractivity contribution is -0.889. The fraction of sp³-hybridized carbons (Fsp3) is 0.741. The van der Waals surface area contributed by atoms with Gasteiger partial charge in [-0.3, -0.25) is 4.79 Å². The fourth-order valence-electron chi connectivity index (χ4n) is 4.28. The summed E-state index contributed by atoms with van der Waals surface area (Å²) in [5, 5.41) is 18.2. The zero-order valence-corrected chi connectivity index (χ0v) is 25.6. The molecule has 3 N–H and O–H groups in total. The van der Waals surface area contributed by atoms with E-state index in [-0.39, 0.29) is 30.6 Å². The molecule has 0 spiro atoms. The van der Waals surface area contributed by atoms with Crippen LogP contribution in [0.5, 0.6) is 0 Å². The van der Waals surface area contributed by atoms with Crippen LogP contribution in [-0.4, -0.2) is 86.8 Å². The molecule has 1 atom stereocenters. The van der Waals surface area contributed by atoms with Gasteiger partial charge in [0, 0.05) is 18.4 Å². The highest BCUT2D eigenvalue weighted by Crippen LogP contribution is 2.14. The number of Topliss-reactive ketones (excluding diaryl/α,β-unsaturated/α-hetero) is 1. The number of unbranched alkanes of at least 4 members (excludes halogenated alkanes) is 7. The zero-order chi connectivity index (χ0) is 25.4. The van der Waals surface area contributed by atoms with E-state index in [4.69, 9.17) is 10.0 Å². The highest BCUT2D eigenvalue weighted by molar-refractivity contribution is 7.99. The lowest BCUT2D eigenvalue weighted by atomic mass is 9.80. The minimum atomic E-state index is -1.48. The van der Waals surface area contributed by atoms with Gasteiger partial charge in [0.1, 0.15) is 0 Å². The largest absolute Gasteiger partial charge is 1.00 e. The van der Waals surface area contributed by atoms with E-state index >= 15 is 0 Å². The first-order valence-corrected chi connectivity index (χ1v) is 14.4. The summed E-state index contributed by atoms with van der Waals surface area (Å²) in [5.74, 6) is 1.63. The summed E-state index contributed by atoms with van der Waals surface area (Å²) in [6, 6.07) is 7.34. The average Bonchev–Trinajstić information content (AvgIpc) is 2.77. The van der Waals surface area contributed by atoms with Crippen LogP contribution >= 0.6 is 11.8 Å². The molecule has 210 valence electrons. The first-order chi connectivity index (χ1) is 16.1. The van der Waals surface area contributed by atoms with Crippen LogP contribution in [-0.2, 0) is 0 Å². The number of quaternary nitrogens is 2.